The maximum atomic E-state index is 13.0. The third-order valence-corrected chi connectivity index (χ3v) is 19.6. The van der Waals surface area contributed by atoms with Gasteiger partial charge in [-0.2, -0.15) is 0 Å². The van der Waals surface area contributed by atoms with Gasteiger partial charge in [-0.1, -0.05) is 0 Å². The Morgan fingerprint density at radius 3 is 0.953 bits per heavy atom. The standard InChI is InChI=1S/C58H98N2O47/c1-12(69)59-23-32(78)44(18(7-66)93-50(23)90)102-51-24(60-22(70)9-68)33(79)45(19(8-67)99-51)103-57-43(89)48(106-56-42(88)46(29(75)17(6-65)97-56)104-53-38(84)34(80)25(71)13(2-61)94-53)31(77)21(101-57)10-91-52-41(87)47(105-54-39(85)35(81)26(72)14(3-62)95-54)30(76)20(100-52)11-92-58-49(37(83)28(74)16(5-64)98-58)107-55-40(86)36(82)27(73)15(4-63)96-55/h13-21,23-58,61-68,71-90H,2-11H2,1H3,(H,59,69)(H,60,70)/t13-,14-,15-,16-,17-,18-,19-,20-,21-,23-,24-,25-,26-,27-,28-,29-,30-,31-,32-,33-,34+,35+,36+,37+,38+,39+,40+,41+,42+,43+,44-,45-,46+,47+,48+,49+,50-,51+,52+,53-,54-,55-,56-,57+,58+/m1/s1. The van der Waals surface area contributed by atoms with Crippen molar-refractivity contribution in [3.05, 3.63) is 0 Å². The molecule has 0 saturated carbocycles. The number of aliphatic hydroxyl groups excluding tert-OH is 28. The van der Waals surface area contributed by atoms with E-state index < -0.39 is 354 Å². The predicted octanol–water partition coefficient (Wildman–Crippen LogP) is -21.4. The quantitative estimate of drug-likeness (QED) is 0.0346. The van der Waals surface area contributed by atoms with Crippen LogP contribution in [-0.2, 0) is 90.1 Å². The van der Waals surface area contributed by atoms with Gasteiger partial charge in [0.2, 0.25) is 11.8 Å². The topological polar surface area (TPSA) is 782 Å². The molecular formula is C58H98N2O47. The van der Waals surface area contributed by atoms with Gasteiger partial charge in [0.05, 0.1) is 59.5 Å². The number of carbonyl (C=O) groups excluding carboxylic acids is 2. The van der Waals surface area contributed by atoms with Crippen LogP contribution in [0.25, 0.3) is 0 Å². The summed E-state index contributed by atoms with van der Waals surface area (Å²) < 4.78 is 98.2. The minimum absolute atomic E-state index is 0.807. The Balaban J connectivity index is 1.04. The van der Waals surface area contributed by atoms with Gasteiger partial charge >= 0.3 is 0 Å². The molecule has 30 N–H and O–H groups in total. The zero-order chi connectivity index (χ0) is 78.6. The second-order valence-corrected chi connectivity index (χ2v) is 26.8. The van der Waals surface area contributed by atoms with Crippen LogP contribution in [0.5, 0.6) is 0 Å². The van der Waals surface area contributed by atoms with Crippen LogP contribution in [0.4, 0.5) is 0 Å². The van der Waals surface area contributed by atoms with Crippen LogP contribution in [0.2, 0.25) is 0 Å². The lowest BCUT2D eigenvalue weighted by atomic mass is 9.94. The molecule has 107 heavy (non-hydrogen) atoms. The summed E-state index contributed by atoms with van der Waals surface area (Å²) in [6.45, 7) is -10.2. The van der Waals surface area contributed by atoms with Crippen LogP contribution in [0.3, 0.4) is 0 Å². The molecule has 0 bridgehead atoms. The molecule has 2 amide bonds. The number of carbonyl (C=O) groups is 2. The van der Waals surface area contributed by atoms with Gasteiger partial charge in [-0.3, -0.25) is 9.59 Å². The normalized spacial score (nSPS) is 50.8. The van der Waals surface area contributed by atoms with Crippen LogP contribution in [-0.4, -0.2) is 497 Å². The van der Waals surface area contributed by atoms with Gasteiger partial charge in [0.15, 0.2) is 56.6 Å². The summed E-state index contributed by atoms with van der Waals surface area (Å²) in [5.74, 6) is -2.10. The molecule has 0 radical (unpaired) electrons. The maximum Gasteiger partial charge on any atom is 0.246 e. The molecule has 9 aliphatic heterocycles. The molecule has 49 heteroatoms. The van der Waals surface area contributed by atoms with Crippen molar-refractivity contribution < 1.29 is 233 Å². The molecule has 0 aromatic rings. The molecule has 9 saturated heterocycles. The molecule has 0 spiro atoms. The lowest BCUT2D eigenvalue weighted by Crippen LogP contribution is -2.70. The molecule has 9 rings (SSSR count). The summed E-state index contributed by atoms with van der Waals surface area (Å²) in [5, 5.41) is 310. The average Bonchev–Trinajstić information content (AvgIpc) is 0.769. The van der Waals surface area contributed by atoms with E-state index in [0.29, 0.717) is 0 Å². The van der Waals surface area contributed by atoms with Crippen LogP contribution in [0.1, 0.15) is 6.92 Å². The number of ether oxygens (including phenoxy) is 17. The maximum absolute atomic E-state index is 13.0. The Morgan fingerprint density at radius 1 is 0.262 bits per heavy atom. The predicted molar refractivity (Wildman–Crippen MR) is 322 cm³/mol. The second-order valence-electron chi connectivity index (χ2n) is 26.8. The first kappa shape index (κ1) is 88.1. The van der Waals surface area contributed by atoms with Gasteiger partial charge < -0.3 is 234 Å². The average molecular weight is 1580 g/mol. The summed E-state index contributed by atoms with van der Waals surface area (Å²) in [7, 11) is 0. The van der Waals surface area contributed by atoms with Crippen molar-refractivity contribution in [2.24, 2.45) is 0 Å². The van der Waals surface area contributed by atoms with Gasteiger partial charge in [0.25, 0.3) is 0 Å². The number of hydrogen-bond donors (Lipinski definition) is 30. The number of hydrogen-bond acceptors (Lipinski definition) is 47. The van der Waals surface area contributed by atoms with Crippen molar-refractivity contribution in [1.29, 1.82) is 0 Å². The van der Waals surface area contributed by atoms with Gasteiger partial charge in [-0.25, -0.2) is 0 Å². The van der Waals surface area contributed by atoms with Crippen molar-refractivity contribution in [3.63, 3.8) is 0 Å². The highest BCUT2D eigenvalue weighted by Gasteiger charge is 2.60. The smallest absolute Gasteiger partial charge is 0.246 e. The van der Waals surface area contributed by atoms with Crippen molar-refractivity contribution in [2.45, 2.75) is 283 Å². The highest BCUT2D eigenvalue weighted by atomic mass is 16.8. The Kier molecular flexibility index (Phi) is 31.7. The number of nitrogens with one attached hydrogen (secondary N) is 2. The molecule has 9 aliphatic rings. The first-order valence-electron chi connectivity index (χ1n) is 33.8. The van der Waals surface area contributed by atoms with E-state index in [2.05, 4.69) is 10.6 Å². The fourth-order valence-corrected chi connectivity index (χ4v) is 13.5. The van der Waals surface area contributed by atoms with Crippen molar-refractivity contribution in [1.82, 2.24) is 10.6 Å². The number of rotatable bonds is 28. The molecular weight excluding hydrogens is 1480 g/mol. The number of amides is 2. The number of aliphatic hydroxyl groups is 28. The molecule has 0 aromatic carbocycles. The first-order valence-corrected chi connectivity index (χ1v) is 33.8. The molecule has 45 atom stereocenters. The summed E-state index contributed by atoms with van der Waals surface area (Å²) in [5.41, 5.74) is 0. The highest BCUT2D eigenvalue weighted by Crippen LogP contribution is 2.39. The van der Waals surface area contributed by atoms with Crippen LogP contribution >= 0.6 is 0 Å². The lowest BCUT2D eigenvalue weighted by Gasteiger charge is -2.50. The Morgan fingerprint density at radius 2 is 0.551 bits per heavy atom. The summed E-state index contributed by atoms with van der Waals surface area (Å²) in [6.07, 6.45) is -91.0. The van der Waals surface area contributed by atoms with Gasteiger partial charge in [-0.05, 0) is 0 Å². The Hall–Kier alpha value is -2.86. The van der Waals surface area contributed by atoms with E-state index in [0.717, 1.165) is 6.92 Å². The molecule has 0 unspecified atom stereocenters. The molecule has 0 aliphatic carbocycles. The van der Waals surface area contributed by atoms with E-state index >= 15 is 0 Å². The monoisotopic (exact) mass is 1570 g/mol. The van der Waals surface area contributed by atoms with Crippen LogP contribution < -0.4 is 10.6 Å². The van der Waals surface area contributed by atoms with Gasteiger partial charge in [-0.15, -0.1) is 0 Å². The molecule has 49 nitrogen and oxygen atoms in total. The largest absolute Gasteiger partial charge is 0.394 e. The fourth-order valence-electron chi connectivity index (χ4n) is 13.5. The minimum atomic E-state index is -2.56. The highest BCUT2D eigenvalue weighted by molar-refractivity contribution is 5.77. The molecule has 9 heterocycles. The van der Waals surface area contributed by atoms with Gasteiger partial charge in [0, 0.05) is 6.92 Å². The summed E-state index contributed by atoms with van der Waals surface area (Å²) >= 11 is 0. The second kappa shape index (κ2) is 38.5. The Labute approximate surface area is 603 Å². The first-order chi connectivity index (χ1) is 50.7. The van der Waals surface area contributed by atoms with Crippen molar-refractivity contribution >= 4 is 11.8 Å². The molecule has 0 aromatic heterocycles. The van der Waals surface area contributed by atoms with E-state index in [1.165, 1.54) is 0 Å². The SMILES string of the molecule is CC(=O)N[C@@H]1[C@@H](O)[C@H](O[C@@H]2O[C@H](CO)[C@@H](O[C@@H]3O[C@H](CO[C@H]4O[C@H](CO[C@H]5O[C@H](CO)[C@@H](O)[C@H](O)[C@@H]5O[C@H]5O[C@H](CO)[C@@H](O)[C@H](O)[C@@H]5O)[C@@H](O)[C@H](O[C@H]5O[C@H](CO)[C@@H](O)[C@H](O)[C@@H]5O)[C@@H]4O)[C@@H](O)[C@H](O[C@H]4O[C@H](CO)[C@@H](O)[C@H](O[C@H]5O[C@H](CO)[C@@H](O)[C@H](O)[C@@H]5O)[C@@H]4O)[C@@H]3O)[C@H](O)[C@H]2NC(=O)CO)[C@@H](CO)O[C@H]1O. The van der Waals surface area contributed by atoms with Crippen molar-refractivity contribution in [3.8, 4) is 0 Å². The van der Waals surface area contributed by atoms with E-state index in [-0.39, 0.29) is 0 Å². The lowest BCUT2D eigenvalue weighted by molar-refractivity contribution is -0.394. The van der Waals surface area contributed by atoms with Gasteiger partial charge in [0.1, 0.15) is 226 Å². The fraction of sp³-hybridized carbons (Fsp3) is 0.966. The summed E-state index contributed by atoms with van der Waals surface area (Å²) in [6, 6.07) is -3.74. The van der Waals surface area contributed by atoms with Crippen molar-refractivity contribution in [2.75, 3.05) is 66.1 Å². The Bertz CT molecular complexity index is 2730. The molecule has 9 fully saturated rings. The van der Waals surface area contributed by atoms with E-state index in [9.17, 15) is 153 Å². The van der Waals surface area contributed by atoms with E-state index in [4.69, 9.17) is 80.5 Å². The van der Waals surface area contributed by atoms with Crippen LogP contribution in [0.15, 0.2) is 0 Å². The minimum Gasteiger partial charge on any atom is -0.394 e. The molecule has 622 valence electrons. The third kappa shape index (κ3) is 19.1. The zero-order valence-corrected chi connectivity index (χ0v) is 56.3. The third-order valence-electron chi connectivity index (χ3n) is 19.6. The summed E-state index contributed by atoms with van der Waals surface area (Å²) in [4.78, 5) is 25.1. The zero-order valence-electron chi connectivity index (χ0n) is 56.3. The van der Waals surface area contributed by atoms with E-state index in [1.54, 1.807) is 0 Å². The van der Waals surface area contributed by atoms with Crippen LogP contribution in [0, 0.1) is 0 Å². The van der Waals surface area contributed by atoms with E-state index in [1.807, 2.05) is 0 Å².